The lowest BCUT2D eigenvalue weighted by Crippen LogP contribution is -2.54. The molecule has 2 fully saturated rings. The van der Waals surface area contributed by atoms with E-state index in [2.05, 4.69) is 12.2 Å². The van der Waals surface area contributed by atoms with E-state index in [9.17, 15) is 4.79 Å². The van der Waals surface area contributed by atoms with Crippen molar-refractivity contribution in [1.29, 1.82) is 0 Å². The second-order valence-electron chi connectivity index (χ2n) is 5.14. The Kier molecular flexibility index (Phi) is 4.60. The van der Waals surface area contributed by atoms with Crippen LogP contribution in [0.4, 0.5) is 0 Å². The largest absolute Gasteiger partial charge is 0.310 e. The minimum atomic E-state index is 0. The van der Waals surface area contributed by atoms with Crippen molar-refractivity contribution < 1.29 is 4.79 Å². The number of Topliss-reactive ketones (excluding diaryl/α,β-unsaturated/α-hetero) is 1. The lowest BCUT2D eigenvalue weighted by atomic mass is 9.72. The van der Waals surface area contributed by atoms with Crippen molar-refractivity contribution in [3.8, 4) is 0 Å². The van der Waals surface area contributed by atoms with Crippen molar-refractivity contribution in [2.75, 3.05) is 6.54 Å². The average Bonchev–Trinajstić information content (AvgIpc) is 2.19. The number of carbonyl (C=O) groups excluding carboxylic acids is 1. The monoisotopic (exact) mass is 231 g/mol. The van der Waals surface area contributed by atoms with Crippen LogP contribution in [0.25, 0.3) is 0 Å². The van der Waals surface area contributed by atoms with Crippen LogP contribution in [-0.2, 0) is 4.79 Å². The van der Waals surface area contributed by atoms with Crippen molar-refractivity contribution >= 4 is 18.2 Å². The summed E-state index contributed by atoms with van der Waals surface area (Å²) in [5.41, 5.74) is 0.121. The predicted octanol–water partition coefficient (Wildman–Crippen LogP) is 2.70. The SMILES string of the molecule is CC1(C2CCCCC2)CC(=O)CCN1.Cl. The number of hydrogen-bond donors (Lipinski definition) is 1. The van der Waals surface area contributed by atoms with Gasteiger partial charge in [0, 0.05) is 24.9 Å². The molecule has 3 heteroatoms. The summed E-state index contributed by atoms with van der Waals surface area (Å²) in [6.07, 6.45) is 8.24. The maximum atomic E-state index is 11.5. The molecule has 88 valence electrons. The van der Waals surface area contributed by atoms with Crippen molar-refractivity contribution in [3.05, 3.63) is 0 Å². The summed E-state index contributed by atoms with van der Waals surface area (Å²) in [4.78, 5) is 11.5. The molecule has 0 radical (unpaired) electrons. The molecule has 1 unspecified atom stereocenters. The Balaban J connectivity index is 0.00000112. The molecule has 0 amide bonds. The number of nitrogens with one attached hydrogen (secondary N) is 1. The summed E-state index contributed by atoms with van der Waals surface area (Å²) >= 11 is 0. The van der Waals surface area contributed by atoms with Crippen LogP contribution in [-0.4, -0.2) is 17.9 Å². The smallest absolute Gasteiger partial charge is 0.136 e. The van der Waals surface area contributed by atoms with Crippen LogP contribution in [0.2, 0.25) is 0 Å². The Hall–Kier alpha value is -0.0800. The van der Waals surface area contributed by atoms with Gasteiger partial charge in [0.2, 0.25) is 0 Å². The molecule has 2 rings (SSSR count). The third kappa shape index (κ3) is 2.94. The van der Waals surface area contributed by atoms with E-state index < -0.39 is 0 Å². The maximum absolute atomic E-state index is 11.5. The van der Waals surface area contributed by atoms with Gasteiger partial charge in [-0.1, -0.05) is 19.3 Å². The highest BCUT2D eigenvalue weighted by Gasteiger charge is 2.38. The van der Waals surface area contributed by atoms with Crippen LogP contribution >= 0.6 is 12.4 Å². The summed E-state index contributed by atoms with van der Waals surface area (Å²) in [7, 11) is 0. The zero-order chi connectivity index (χ0) is 10.0. The van der Waals surface area contributed by atoms with E-state index in [1.165, 1.54) is 32.1 Å². The molecule has 0 aromatic rings. The Morgan fingerprint density at radius 3 is 2.53 bits per heavy atom. The third-order valence-electron chi connectivity index (χ3n) is 4.00. The van der Waals surface area contributed by atoms with Crippen molar-refractivity contribution in [1.82, 2.24) is 5.32 Å². The molecule has 15 heavy (non-hydrogen) atoms. The molecule has 1 aliphatic heterocycles. The minimum Gasteiger partial charge on any atom is -0.310 e. The highest BCUT2D eigenvalue weighted by molar-refractivity contribution is 5.85. The Morgan fingerprint density at radius 2 is 1.93 bits per heavy atom. The number of hydrogen-bond acceptors (Lipinski definition) is 2. The first-order valence-corrected chi connectivity index (χ1v) is 5.97. The van der Waals surface area contributed by atoms with E-state index in [4.69, 9.17) is 0 Å². The molecule has 0 aromatic carbocycles. The molecule has 1 N–H and O–H groups in total. The van der Waals surface area contributed by atoms with Crippen molar-refractivity contribution in [2.24, 2.45) is 5.92 Å². The minimum absolute atomic E-state index is 0. The zero-order valence-electron chi connectivity index (χ0n) is 9.55. The van der Waals surface area contributed by atoms with Crippen LogP contribution in [0.3, 0.4) is 0 Å². The number of halogens is 1. The normalized spacial score (nSPS) is 33.5. The summed E-state index contributed by atoms with van der Waals surface area (Å²) in [6, 6.07) is 0. The predicted molar refractivity (Wildman–Crippen MR) is 64.5 cm³/mol. The molecular formula is C12H22ClNO. The van der Waals surface area contributed by atoms with Crippen LogP contribution in [0.5, 0.6) is 0 Å². The Labute approximate surface area is 98.6 Å². The average molecular weight is 232 g/mol. The number of rotatable bonds is 1. The van der Waals surface area contributed by atoms with Gasteiger partial charge in [0.05, 0.1) is 0 Å². The van der Waals surface area contributed by atoms with Crippen LogP contribution in [0.15, 0.2) is 0 Å². The lowest BCUT2D eigenvalue weighted by molar-refractivity contribution is -0.122. The number of ketones is 1. The van der Waals surface area contributed by atoms with Gasteiger partial charge in [0.15, 0.2) is 0 Å². The van der Waals surface area contributed by atoms with Gasteiger partial charge >= 0.3 is 0 Å². The second kappa shape index (κ2) is 5.31. The fourth-order valence-electron chi connectivity index (χ4n) is 3.08. The fourth-order valence-corrected chi connectivity index (χ4v) is 3.08. The summed E-state index contributed by atoms with van der Waals surface area (Å²) in [5.74, 6) is 1.19. The molecule has 2 aliphatic rings. The third-order valence-corrected chi connectivity index (χ3v) is 4.00. The van der Waals surface area contributed by atoms with Gasteiger partial charge in [0.1, 0.15) is 5.78 Å². The van der Waals surface area contributed by atoms with E-state index in [0.29, 0.717) is 5.78 Å². The van der Waals surface area contributed by atoms with Gasteiger partial charge in [-0.15, -0.1) is 12.4 Å². The summed E-state index contributed by atoms with van der Waals surface area (Å²) in [6.45, 7) is 3.14. The molecule has 2 nitrogen and oxygen atoms in total. The van der Waals surface area contributed by atoms with Crippen molar-refractivity contribution in [2.45, 2.75) is 57.4 Å². The quantitative estimate of drug-likeness (QED) is 0.752. The summed E-state index contributed by atoms with van der Waals surface area (Å²) in [5, 5.41) is 3.57. The molecule has 0 aromatic heterocycles. The first-order chi connectivity index (χ1) is 6.71. The Morgan fingerprint density at radius 1 is 1.27 bits per heavy atom. The first-order valence-electron chi connectivity index (χ1n) is 5.97. The zero-order valence-corrected chi connectivity index (χ0v) is 10.4. The fraction of sp³-hybridized carbons (Fsp3) is 0.917. The molecule has 1 saturated heterocycles. The molecule has 1 atom stereocenters. The molecular weight excluding hydrogens is 210 g/mol. The van der Waals surface area contributed by atoms with Gasteiger partial charge < -0.3 is 5.32 Å². The van der Waals surface area contributed by atoms with Gasteiger partial charge in [-0.3, -0.25) is 4.79 Å². The van der Waals surface area contributed by atoms with E-state index in [-0.39, 0.29) is 17.9 Å². The van der Waals surface area contributed by atoms with E-state index >= 15 is 0 Å². The van der Waals surface area contributed by atoms with Crippen molar-refractivity contribution in [3.63, 3.8) is 0 Å². The van der Waals surface area contributed by atoms with Gasteiger partial charge in [-0.25, -0.2) is 0 Å². The van der Waals surface area contributed by atoms with Gasteiger partial charge in [-0.05, 0) is 25.7 Å². The van der Waals surface area contributed by atoms with Crippen LogP contribution < -0.4 is 5.32 Å². The van der Waals surface area contributed by atoms with Gasteiger partial charge in [0.25, 0.3) is 0 Å². The molecule has 1 aliphatic carbocycles. The lowest BCUT2D eigenvalue weighted by Gasteiger charge is -2.43. The molecule has 0 spiro atoms. The molecule has 0 bridgehead atoms. The van der Waals surface area contributed by atoms with E-state index in [0.717, 1.165) is 25.3 Å². The second-order valence-corrected chi connectivity index (χ2v) is 5.14. The maximum Gasteiger partial charge on any atom is 0.136 e. The molecule has 1 saturated carbocycles. The number of carbonyl (C=O) groups is 1. The topological polar surface area (TPSA) is 29.1 Å². The summed E-state index contributed by atoms with van der Waals surface area (Å²) < 4.78 is 0. The van der Waals surface area contributed by atoms with Crippen LogP contribution in [0, 0.1) is 5.92 Å². The highest BCUT2D eigenvalue weighted by atomic mass is 35.5. The Bertz CT molecular complexity index is 226. The first kappa shape index (κ1) is 13.0. The van der Waals surface area contributed by atoms with E-state index in [1.807, 2.05) is 0 Å². The number of piperidine rings is 1. The van der Waals surface area contributed by atoms with E-state index in [1.54, 1.807) is 0 Å². The van der Waals surface area contributed by atoms with Crippen LogP contribution in [0.1, 0.15) is 51.9 Å². The molecule has 1 heterocycles. The highest BCUT2D eigenvalue weighted by Crippen LogP contribution is 2.36. The van der Waals surface area contributed by atoms with Gasteiger partial charge in [-0.2, -0.15) is 0 Å². The standard InChI is InChI=1S/C12H21NO.ClH/c1-12(9-11(14)7-8-13-12)10-5-3-2-4-6-10;/h10,13H,2-9H2,1H3;1H.